The maximum absolute atomic E-state index is 10.1. The van der Waals surface area contributed by atoms with Crippen LogP contribution >= 0.6 is 0 Å². The lowest BCUT2D eigenvalue weighted by Gasteiger charge is -2.21. The molecule has 1 atom stereocenters. The first kappa shape index (κ1) is 15.2. The van der Waals surface area contributed by atoms with E-state index in [1.807, 2.05) is 25.8 Å². The molecule has 0 spiro atoms. The van der Waals surface area contributed by atoms with E-state index in [4.69, 9.17) is 9.16 Å². The molecule has 0 rings (SSSR count). The van der Waals surface area contributed by atoms with Crippen LogP contribution in [0.15, 0.2) is 11.8 Å². The molecule has 91 valence electrons. The molecule has 0 fully saturated rings. The predicted molar refractivity (Wildman–Crippen MR) is 67.7 cm³/mol. The Kier molecular flexibility index (Phi) is 7.13. The Morgan fingerprint density at radius 3 is 2.38 bits per heavy atom. The highest BCUT2D eigenvalue weighted by atomic mass is 28.4. The van der Waals surface area contributed by atoms with E-state index < -0.39 is 8.32 Å². The number of carbonyl (C=O) groups excluding carboxylic acids is 1. The van der Waals surface area contributed by atoms with E-state index in [0.29, 0.717) is 6.47 Å². The Labute approximate surface area is 100.0 Å². The Morgan fingerprint density at radius 2 is 1.94 bits per heavy atom. The maximum Gasteiger partial charge on any atom is 0.293 e. The largest absolute Gasteiger partial charge is 0.547 e. The minimum absolute atomic E-state index is 0.210. The third kappa shape index (κ3) is 8.53. The molecule has 0 aliphatic carbocycles. The van der Waals surface area contributed by atoms with Gasteiger partial charge in [-0.05, 0) is 39.9 Å². The molecule has 0 aromatic carbocycles. The summed E-state index contributed by atoms with van der Waals surface area (Å²) >= 11 is 0. The van der Waals surface area contributed by atoms with Crippen LogP contribution < -0.4 is 0 Å². The van der Waals surface area contributed by atoms with Crippen molar-refractivity contribution in [2.24, 2.45) is 0 Å². The molecule has 0 saturated heterocycles. The highest BCUT2D eigenvalue weighted by Crippen LogP contribution is 2.15. The van der Waals surface area contributed by atoms with Crippen LogP contribution in [-0.2, 0) is 14.0 Å². The quantitative estimate of drug-likeness (QED) is 0.372. The van der Waals surface area contributed by atoms with Gasteiger partial charge >= 0.3 is 0 Å². The summed E-state index contributed by atoms with van der Waals surface area (Å²) in [5.41, 5.74) is 0. The SMILES string of the molecule is C/C=C(\[CH][CH][CH]C(C)OC=O)O[Si](C)(C)C. The molecule has 0 N–H and O–H groups in total. The van der Waals surface area contributed by atoms with Crippen molar-refractivity contribution >= 4 is 14.8 Å². The second-order valence-electron chi connectivity index (χ2n) is 4.39. The number of allylic oxidation sites excluding steroid dienone is 2. The minimum atomic E-state index is -1.55. The average molecular weight is 241 g/mol. The van der Waals surface area contributed by atoms with Crippen molar-refractivity contribution in [1.82, 2.24) is 0 Å². The normalized spacial score (nSPS) is 14.4. The Hall–Kier alpha value is -0.773. The average Bonchev–Trinajstić information content (AvgIpc) is 2.14. The van der Waals surface area contributed by atoms with Gasteiger partial charge in [0.05, 0.1) is 5.76 Å². The van der Waals surface area contributed by atoms with Crippen LogP contribution in [0.5, 0.6) is 0 Å². The van der Waals surface area contributed by atoms with E-state index in [2.05, 4.69) is 19.6 Å². The molecule has 0 saturated carbocycles. The van der Waals surface area contributed by atoms with Gasteiger partial charge in [-0.3, -0.25) is 4.79 Å². The molecule has 0 aromatic rings. The lowest BCUT2D eigenvalue weighted by Crippen LogP contribution is -2.25. The number of rotatable bonds is 8. The fourth-order valence-electron chi connectivity index (χ4n) is 0.983. The molecule has 0 aliphatic rings. The van der Waals surface area contributed by atoms with Gasteiger partial charge in [-0.25, -0.2) is 0 Å². The van der Waals surface area contributed by atoms with Crippen LogP contribution in [0.3, 0.4) is 0 Å². The predicted octanol–water partition coefficient (Wildman–Crippen LogP) is 2.92. The summed E-state index contributed by atoms with van der Waals surface area (Å²) in [6.45, 7) is 10.6. The summed E-state index contributed by atoms with van der Waals surface area (Å²) in [6.07, 6.45) is 7.23. The van der Waals surface area contributed by atoms with Crippen molar-refractivity contribution in [2.75, 3.05) is 0 Å². The van der Waals surface area contributed by atoms with Gasteiger partial charge in [0.2, 0.25) is 8.32 Å². The van der Waals surface area contributed by atoms with Gasteiger partial charge < -0.3 is 9.16 Å². The molecule has 0 aromatic heterocycles. The second kappa shape index (κ2) is 7.49. The van der Waals surface area contributed by atoms with Crippen LogP contribution in [0.2, 0.25) is 19.6 Å². The first-order valence-electron chi connectivity index (χ1n) is 5.35. The standard InChI is InChI=1S/C12H21O3Si/c1-6-12(15-16(3,4)5)9-7-8-11(2)14-10-13/h6-11H,1-5H3/b12-6+. The van der Waals surface area contributed by atoms with Crippen LogP contribution in [0, 0.1) is 19.3 Å². The molecule has 16 heavy (non-hydrogen) atoms. The summed E-state index contributed by atoms with van der Waals surface area (Å²) in [5, 5.41) is 0. The van der Waals surface area contributed by atoms with E-state index >= 15 is 0 Å². The van der Waals surface area contributed by atoms with Crippen molar-refractivity contribution in [3.63, 3.8) is 0 Å². The third-order valence-corrected chi connectivity index (χ3v) is 2.47. The Balaban J connectivity index is 3.85. The Morgan fingerprint density at radius 1 is 1.31 bits per heavy atom. The number of carbonyl (C=O) groups is 1. The van der Waals surface area contributed by atoms with E-state index in [1.54, 1.807) is 13.3 Å². The fraction of sp³-hybridized carbons (Fsp3) is 0.500. The first-order chi connectivity index (χ1) is 7.39. The summed E-state index contributed by atoms with van der Waals surface area (Å²) < 4.78 is 10.5. The van der Waals surface area contributed by atoms with Crippen molar-refractivity contribution in [3.8, 4) is 0 Å². The Bertz CT molecular complexity index is 231. The number of hydrogen-bond acceptors (Lipinski definition) is 3. The lowest BCUT2D eigenvalue weighted by atomic mass is 10.1. The zero-order chi connectivity index (χ0) is 12.6. The van der Waals surface area contributed by atoms with Crippen LogP contribution in [0.25, 0.3) is 0 Å². The highest BCUT2D eigenvalue weighted by Gasteiger charge is 2.17. The monoisotopic (exact) mass is 241 g/mol. The van der Waals surface area contributed by atoms with Gasteiger partial charge in [0.15, 0.2) is 0 Å². The molecule has 0 aliphatic heterocycles. The summed E-state index contributed by atoms with van der Waals surface area (Å²) in [4.78, 5) is 10.1. The van der Waals surface area contributed by atoms with Gasteiger partial charge in [-0.1, -0.05) is 6.08 Å². The molecule has 4 heteroatoms. The lowest BCUT2D eigenvalue weighted by molar-refractivity contribution is -0.131. The van der Waals surface area contributed by atoms with Gasteiger partial charge in [0.1, 0.15) is 6.10 Å². The van der Waals surface area contributed by atoms with E-state index in [9.17, 15) is 4.79 Å². The number of hydrogen-bond donors (Lipinski definition) is 0. The topological polar surface area (TPSA) is 35.5 Å². The number of ether oxygens (including phenoxy) is 1. The van der Waals surface area contributed by atoms with Crippen LogP contribution in [0.4, 0.5) is 0 Å². The molecule has 0 heterocycles. The van der Waals surface area contributed by atoms with Gasteiger partial charge in [-0.2, -0.15) is 0 Å². The first-order valence-corrected chi connectivity index (χ1v) is 8.76. The van der Waals surface area contributed by atoms with Gasteiger partial charge in [-0.15, -0.1) is 0 Å². The summed E-state index contributed by atoms with van der Waals surface area (Å²) in [6, 6.07) is 0. The van der Waals surface area contributed by atoms with E-state index in [0.717, 1.165) is 5.76 Å². The van der Waals surface area contributed by atoms with Crippen molar-refractivity contribution in [3.05, 3.63) is 31.1 Å². The molecule has 0 amide bonds. The maximum atomic E-state index is 10.1. The third-order valence-electron chi connectivity index (χ3n) is 1.62. The van der Waals surface area contributed by atoms with E-state index in [1.165, 1.54) is 0 Å². The van der Waals surface area contributed by atoms with Crippen LogP contribution in [0.1, 0.15) is 13.8 Å². The van der Waals surface area contributed by atoms with E-state index in [-0.39, 0.29) is 6.10 Å². The summed E-state index contributed by atoms with van der Waals surface area (Å²) in [7, 11) is -1.55. The van der Waals surface area contributed by atoms with Crippen LogP contribution in [-0.4, -0.2) is 20.9 Å². The molecular weight excluding hydrogens is 220 g/mol. The van der Waals surface area contributed by atoms with Crippen molar-refractivity contribution in [2.45, 2.75) is 39.6 Å². The van der Waals surface area contributed by atoms with Gasteiger partial charge in [0, 0.05) is 12.8 Å². The van der Waals surface area contributed by atoms with Crippen molar-refractivity contribution < 1.29 is 14.0 Å². The molecule has 3 nitrogen and oxygen atoms in total. The zero-order valence-corrected chi connectivity index (χ0v) is 11.7. The second-order valence-corrected chi connectivity index (χ2v) is 8.82. The minimum Gasteiger partial charge on any atom is -0.547 e. The molecule has 1 unspecified atom stereocenters. The zero-order valence-electron chi connectivity index (χ0n) is 10.7. The summed E-state index contributed by atoms with van der Waals surface area (Å²) in [5.74, 6) is 0.855. The molecular formula is C12H21O3Si. The smallest absolute Gasteiger partial charge is 0.293 e. The molecule has 3 radical (unpaired) electrons. The van der Waals surface area contributed by atoms with Crippen molar-refractivity contribution in [1.29, 1.82) is 0 Å². The molecule has 0 bridgehead atoms. The highest BCUT2D eigenvalue weighted by molar-refractivity contribution is 6.70. The fourth-order valence-corrected chi connectivity index (χ4v) is 1.88. The van der Waals surface area contributed by atoms with Gasteiger partial charge in [0.25, 0.3) is 6.47 Å².